The summed E-state index contributed by atoms with van der Waals surface area (Å²) in [7, 11) is 3.04. The lowest BCUT2D eigenvalue weighted by molar-refractivity contribution is -0.143. The lowest BCUT2D eigenvalue weighted by Crippen LogP contribution is -2.08. The van der Waals surface area contributed by atoms with Gasteiger partial charge in [-0.15, -0.1) is 0 Å². The van der Waals surface area contributed by atoms with E-state index in [1.165, 1.54) is 21.1 Å². The van der Waals surface area contributed by atoms with Crippen molar-refractivity contribution in [2.45, 2.75) is 26.7 Å². The van der Waals surface area contributed by atoms with E-state index in [2.05, 4.69) is 0 Å². The average Bonchev–Trinajstić information content (AvgIpc) is 2.44. The highest BCUT2D eigenvalue weighted by Gasteiger charge is 2.15. The average molecular weight is 280 g/mol. The van der Waals surface area contributed by atoms with Gasteiger partial charge < -0.3 is 14.2 Å². The monoisotopic (exact) mass is 280 g/mol. The molecule has 110 valence electrons. The van der Waals surface area contributed by atoms with E-state index in [9.17, 15) is 9.59 Å². The molecule has 0 aliphatic carbocycles. The van der Waals surface area contributed by atoms with E-state index >= 15 is 0 Å². The van der Waals surface area contributed by atoms with Gasteiger partial charge in [0.05, 0.1) is 20.8 Å². The summed E-state index contributed by atoms with van der Waals surface area (Å²) in [6, 6.07) is 3.37. The van der Waals surface area contributed by atoms with Crippen LogP contribution >= 0.6 is 0 Å². The lowest BCUT2D eigenvalue weighted by atomic mass is 9.99. The van der Waals surface area contributed by atoms with E-state index in [0.29, 0.717) is 30.1 Å². The number of Topliss-reactive ketones (excluding diaryl/α,β-unsaturated/α-hetero) is 1. The Balaban J connectivity index is 3.03. The molecule has 0 aliphatic rings. The van der Waals surface area contributed by atoms with Crippen molar-refractivity contribution in [3.05, 3.63) is 23.3 Å². The molecule has 0 saturated carbocycles. The maximum atomic E-state index is 11.7. The van der Waals surface area contributed by atoms with E-state index in [4.69, 9.17) is 14.2 Å². The third-order valence-electron chi connectivity index (χ3n) is 2.89. The second kappa shape index (κ2) is 7.53. The van der Waals surface area contributed by atoms with Gasteiger partial charge in [0.15, 0.2) is 17.3 Å². The molecule has 20 heavy (non-hydrogen) atoms. The Hall–Kier alpha value is -2.04. The van der Waals surface area contributed by atoms with Crippen LogP contribution in [-0.2, 0) is 16.0 Å². The topological polar surface area (TPSA) is 61.8 Å². The summed E-state index contributed by atoms with van der Waals surface area (Å²) >= 11 is 0. The minimum Gasteiger partial charge on any atom is -0.493 e. The van der Waals surface area contributed by atoms with Crippen LogP contribution in [0.2, 0.25) is 0 Å². The highest BCUT2D eigenvalue weighted by Crippen LogP contribution is 2.31. The molecule has 1 aromatic rings. The maximum Gasteiger partial charge on any atom is 0.306 e. The van der Waals surface area contributed by atoms with Crippen LogP contribution in [0.5, 0.6) is 11.5 Å². The van der Waals surface area contributed by atoms with Crippen molar-refractivity contribution in [3.8, 4) is 11.5 Å². The summed E-state index contributed by atoms with van der Waals surface area (Å²) < 4.78 is 15.3. The minimum atomic E-state index is -0.281. The van der Waals surface area contributed by atoms with E-state index in [1.54, 1.807) is 19.1 Å². The van der Waals surface area contributed by atoms with Crippen LogP contribution in [0, 0.1) is 0 Å². The van der Waals surface area contributed by atoms with Crippen molar-refractivity contribution in [2.75, 3.05) is 20.8 Å². The Bertz CT molecular complexity index is 493. The Kier molecular flexibility index (Phi) is 6.03. The molecule has 0 unspecified atom stereocenters. The normalized spacial score (nSPS) is 10.0. The molecule has 0 atom stereocenters. The van der Waals surface area contributed by atoms with Gasteiger partial charge >= 0.3 is 5.97 Å². The molecule has 1 aromatic carbocycles. The zero-order chi connectivity index (χ0) is 15.1. The molecule has 0 spiro atoms. The number of esters is 1. The van der Waals surface area contributed by atoms with Crippen LogP contribution in [0.15, 0.2) is 12.1 Å². The lowest BCUT2D eigenvalue weighted by Gasteiger charge is -2.13. The number of hydrogen-bond acceptors (Lipinski definition) is 5. The van der Waals surface area contributed by atoms with Gasteiger partial charge in [-0.05, 0) is 38.0 Å². The molecule has 0 aromatic heterocycles. The van der Waals surface area contributed by atoms with Crippen molar-refractivity contribution in [2.24, 2.45) is 0 Å². The number of hydrogen-bond donors (Lipinski definition) is 0. The summed E-state index contributed by atoms with van der Waals surface area (Å²) in [6.07, 6.45) is 0.651. The Labute approximate surface area is 118 Å². The molecule has 5 heteroatoms. The van der Waals surface area contributed by atoms with Crippen LogP contribution in [0.4, 0.5) is 0 Å². The fraction of sp³-hybridized carbons (Fsp3) is 0.467. The molecule has 0 amide bonds. The van der Waals surface area contributed by atoms with Crippen LogP contribution in [-0.4, -0.2) is 32.6 Å². The number of carbonyl (C=O) groups is 2. The van der Waals surface area contributed by atoms with Gasteiger partial charge in [0.1, 0.15) is 0 Å². The summed E-state index contributed by atoms with van der Waals surface area (Å²) in [5.74, 6) is 0.676. The van der Waals surface area contributed by atoms with Crippen molar-refractivity contribution < 1.29 is 23.8 Å². The first-order chi connectivity index (χ1) is 9.53. The molecule has 0 heterocycles. The van der Waals surface area contributed by atoms with E-state index in [0.717, 1.165) is 5.56 Å². The van der Waals surface area contributed by atoms with E-state index < -0.39 is 0 Å². The van der Waals surface area contributed by atoms with Crippen LogP contribution in [0.1, 0.15) is 36.2 Å². The molecule has 0 aliphatic heterocycles. The largest absolute Gasteiger partial charge is 0.493 e. The molecule has 0 saturated heterocycles. The number of carbonyl (C=O) groups excluding carboxylic acids is 2. The molecule has 0 N–H and O–H groups in total. The maximum absolute atomic E-state index is 11.7. The molecule has 5 nitrogen and oxygen atoms in total. The smallest absolute Gasteiger partial charge is 0.306 e. The van der Waals surface area contributed by atoms with Crippen LogP contribution in [0.25, 0.3) is 0 Å². The highest BCUT2D eigenvalue weighted by molar-refractivity contribution is 5.96. The van der Waals surface area contributed by atoms with Crippen molar-refractivity contribution in [3.63, 3.8) is 0 Å². The SMILES string of the molecule is CCOC(=O)CCc1cc(OC)c(OC)cc1C(C)=O. The Morgan fingerprint density at radius 1 is 1.10 bits per heavy atom. The third kappa shape index (κ3) is 3.98. The summed E-state index contributed by atoms with van der Waals surface area (Å²) in [4.78, 5) is 23.1. The number of methoxy groups -OCH3 is 2. The van der Waals surface area contributed by atoms with E-state index in [1.807, 2.05) is 0 Å². The number of aryl methyl sites for hydroxylation is 1. The van der Waals surface area contributed by atoms with Gasteiger partial charge in [-0.1, -0.05) is 0 Å². The van der Waals surface area contributed by atoms with Crippen molar-refractivity contribution in [1.29, 1.82) is 0 Å². The number of benzene rings is 1. The number of ether oxygens (including phenoxy) is 3. The van der Waals surface area contributed by atoms with Gasteiger partial charge in [0.2, 0.25) is 0 Å². The Morgan fingerprint density at radius 2 is 1.70 bits per heavy atom. The Morgan fingerprint density at radius 3 is 2.20 bits per heavy atom. The standard InChI is InChI=1S/C15H20O5/c1-5-20-15(17)7-6-11-8-13(18-3)14(19-4)9-12(11)10(2)16/h8-9H,5-7H2,1-4H3. The zero-order valence-corrected chi connectivity index (χ0v) is 12.3. The summed E-state index contributed by atoms with van der Waals surface area (Å²) in [6.45, 7) is 3.59. The predicted molar refractivity (Wildman–Crippen MR) is 74.5 cm³/mol. The zero-order valence-electron chi connectivity index (χ0n) is 12.3. The first-order valence-corrected chi connectivity index (χ1v) is 6.44. The quantitative estimate of drug-likeness (QED) is 0.567. The fourth-order valence-corrected chi connectivity index (χ4v) is 1.93. The first-order valence-electron chi connectivity index (χ1n) is 6.44. The molecule has 0 bridgehead atoms. The van der Waals surface area contributed by atoms with E-state index in [-0.39, 0.29) is 18.2 Å². The minimum absolute atomic E-state index is 0.0789. The van der Waals surface area contributed by atoms with Crippen LogP contribution < -0.4 is 9.47 Å². The fourth-order valence-electron chi connectivity index (χ4n) is 1.93. The molecule has 0 fully saturated rings. The van der Waals surface area contributed by atoms with Crippen molar-refractivity contribution >= 4 is 11.8 Å². The van der Waals surface area contributed by atoms with Crippen molar-refractivity contribution in [1.82, 2.24) is 0 Å². The van der Waals surface area contributed by atoms with Gasteiger partial charge in [0, 0.05) is 12.0 Å². The van der Waals surface area contributed by atoms with Gasteiger partial charge in [-0.2, -0.15) is 0 Å². The summed E-state index contributed by atoms with van der Waals surface area (Å²) in [5.41, 5.74) is 1.29. The highest BCUT2D eigenvalue weighted by atomic mass is 16.5. The molecular weight excluding hydrogens is 260 g/mol. The van der Waals surface area contributed by atoms with Gasteiger partial charge in [-0.3, -0.25) is 9.59 Å². The molecule has 1 rings (SSSR count). The first kappa shape index (κ1) is 16.0. The second-order valence-corrected chi connectivity index (χ2v) is 4.23. The summed E-state index contributed by atoms with van der Waals surface area (Å²) in [5, 5.41) is 0. The van der Waals surface area contributed by atoms with Gasteiger partial charge in [-0.25, -0.2) is 0 Å². The third-order valence-corrected chi connectivity index (χ3v) is 2.89. The number of ketones is 1. The molecule has 0 radical (unpaired) electrons. The number of rotatable bonds is 7. The second-order valence-electron chi connectivity index (χ2n) is 4.23. The van der Waals surface area contributed by atoms with Gasteiger partial charge in [0.25, 0.3) is 0 Å². The predicted octanol–water partition coefficient (Wildman–Crippen LogP) is 2.40. The van der Waals surface area contributed by atoms with Crippen LogP contribution in [0.3, 0.4) is 0 Å². The molecular formula is C15H20O5.